The normalized spacial score (nSPS) is 17.4. The molecule has 0 bridgehead atoms. The van der Waals surface area contributed by atoms with E-state index < -0.39 is 0 Å². The van der Waals surface area contributed by atoms with Crippen LogP contribution >= 0.6 is 0 Å². The molecule has 1 aliphatic rings. The number of rotatable bonds is 8. The van der Waals surface area contributed by atoms with Gasteiger partial charge in [-0.05, 0) is 45.0 Å². The first-order valence-electron chi connectivity index (χ1n) is 10.7. The lowest BCUT2D eigenvalue weighted by atomic mass is 10.2. The minimum atomic E-state index is 0.511. The van der Waals surface area contributed by atoms with Gasteiger partial charge in [0.15, 0.2) is 11.8 Å². The Morgan fingerprint density at radius 1 is 1.27 bits per heavy atom. The molecule has 164 valence electrons. The minimum absolute atomic E-state index is 0.511. The molecule has 0 amide bonds. The fourth-order valence-corrected chi connectivity index (χ4v) is 3.66. The highest BCUT2D eigenvalue weighted by Crippen LogP contribution is 2.15. The zero-order valence-electron chi connectivity index (χ0n) is 18.9. The zero-order valence-corrected chi connectivity index (χ0v) is 18.9. The van der Waals surface area contributed by atoms with Crippen LogP contribution in [0.15, 0.2) is 23.2 Å². The molecule has 1 saturated heterocycles. The number of hydrogen-bond donors (Lipinski definition) is 2. The van der Waals surface area contributed by atoms with Crippen LogP contribution in [0.2, 0.25) is 0 Å². The second-order valence-electron chi connectivity index (χ2n) is 7.93. The van der Waals surface area contributed by atoms with Gasteiger partial charge in [0.05, 0.1) is 18.8 Å². The number of likely N-dealkylation sites (tertiary alicyclic amines) is 1. The van der Waals surface area contributed by atoms with Crippen molar-refractivity contribution in [2.24, 2.45) is 12.0 Å². The molecule has 2 aromatic heterocycles. The Labute approximate surface area is 179 Å². The highest BCUT2D eigenvalue weighted by molar-refractivity contribution is 5.79. The topological polar surface area (TPSA) is 86.5 Å². The van der Waals surface area contributed by atoms with Crippen LogP contribution in [-0.2, 0) is 20.1 Å². The van der Waals surface area contributed by atoms with Gasteiger partial charge in [-0.1, -0.05) is 13.0 Å². The van der Waals surface area contributed by atoms with E-state index in [9.17, 15) is 0 Å². The molecule has 9 nitrogen and oxygen atoms in total. The summed E-state index contributed by atoms with van der Waals surface area (Å²) in [6, 6.07) is 6.58. The average Bonchev–Trinajstić information content (AvgIpc) is 3.34. The maximum atomic E-state index is 4.80. The molecule has 1 aliphatic heterocycles. The van der Waals surface area contributed by atoms with Gasteiger partial charge in [0, 0.05) is 33.7 Å². The Morgan fingerprint density at radius 3 is 2.80 bits per heavy atom. The van der Waals surface area contributed by atoms with Crippen LogP contribution in [0.5, 0.6) is 0 Å². The predicted molar refractivity (Wildman–Crippen MR) is 121 cm³/mol. The Morgan fingerprint density at radius 2 is 2.10 bits per heavy atom. The predicted octanol–water partition coefficient (Wildman–Crippen LogP) is 1.30. The highest BCUT2D eigenvalue weighted by Gasteiger charge is 2.22. The van der Waals surface area contributed by atoms with E-state index >= 15 is 0 Å². The molecule has 1 fully saturated rings. The third kappa shape index (κ3) is 5.69. The van der Waals surface area contributed by atoms with E-state index in [0.29, 0.717) is 19.1 Å². The van der Waals surface area contributed by atoms with E-state index in [1.165, 1.54) is 19.4 Å². The molecular formula is C21H35N9. The zero-order chi connectivity index (χ0) is 21.5. The number of aryl methyl sites for hydroxylation is 1. The summed E-state index contributed by atoms with van der Waals surface area (Å²) < 4.78 is 1.99. The number of nitrogens with one attached hydrogen (secondary N) is 2. The molecule has 30 heavy (non-hydrogen) atoms. The van der Waals surface area contributed by atoms with Crippen molar-refractivity contribution in [2.45, 2.75) is 45.8 Å². The summed E-state index contributed by atoms with van der Waals surface area (Å²) in [7, 11) is 5.96. The first kappa shape index (κ1) is 22.0. The number of hydrogen-bond acceptors (Lipinski definition) is 6. The van der Waals surface area contributed by atoms with Crippen LogP contribution in [0.1, 0.15) is 37.1 Å². The maximum Gasteiger partial charge on any atom is 0.192 e. The monoisotopic (exact) mass is 413 g/mol. The van der Waals surface area contributed by atoms with E-state index in [-0.39, 0.29) is 0 Å². The van der Waals surface area contributed by atoms with Crippen molar-refractivity contribution < 1.29 is 0 Å². The van der Waals surface area contributed by atoms with Crippen LogP contribution in [-0.4, -0.2) is 70.4 Å². The van der Waals surface area contributed by atoms with Gasteiger partial charge in [0.1, 0.15) is 11.6 Å². The number of pyridine rings is 1. The highest BCUT2D eigenvalue weighted by atomic mass is 15.3. The van der Waals surface area contributed by atoms with Gasteiger partial charge in [-0.3, -0.25) is 4.90 Å². The molecule has 0 saturated carbocycles. The molecule has 2 N–H and O–H groups in total. The molecule has 2 aromatic rings. The lowest BCUT2D eigenvalue weighted by Crippen LogP contribution is -2.44. The molecule has 0 aromatic carbocycles. The van der Waals surface area contributed by atoms with Crippen LogP contribution in [0.4, 0.5) is 5.82 Å². The van der Waals surface area contributed by atoms with Gasteiger partial charge in [0.2, 0.25) is 0 Å². The number of guanidine groups is 1. The molecule has 3 rings (SSSR count). The Hall–Kier alpha value is -2.68. The first-order valence-corrected chi connectivity index (χ1v) is 10.7. The summed E-state index contributed by atoms with van der Waals surface area (Å²) in [5, 5.41) is 15.3. The molecule has 1 unspecified atom stereocenters. The van der Waals surface area contributed by atoms with Crippen LogP contribution in [0.25, 0.3) is 0 Å². The van der Waals surface area contributed by atoms with Gasteiger partial charge in [-0.2, -0.15) is 0 Å². The Bertz CT molecular complexity index is 843. The van der Waals surface area contributed by atoms with Crippen LogP contribution in [0, 0.1) is 6.92 Å². The molecule has 0 spiro atoms. The van der Waals surface area contributed by atoms with E-state index in [2.05, 4.69) is 37.6 Å². The summed E-state index contributed by atoms with van der Waals surface area (Å²) in [4.78, 5) is 14.0. The summed E-state index contributed by atoms with van der Waals surface area (Å²) in [5.41, 5.74) is 0.938. The van der Waals surface area contributed by atoms with Crippen molar-refractivity contribution in [3.05, 3.63) is 35.5 Å². The molecule has 3 heterocycles. The van der Waals surface area contributed by atoms with E-state index in [4.69, 9.17) is 4.99 Å². The van der Waals surface area contributed by atoms with Crippen molar-refractivity contribution in [1.29, 1.82) is 0 Å². The van der Waals surface area contributed by atoms with E-state index in [1.807, 2.05) is 55.7 Å². The smallest absolute Gasteiger partial charge is 0.192 e. The third-order valence-electron chi connectivity index (χ3n) is 5.66. The second-order valence-corrected chi connectivity index (χ2v) is 7.93. The Balaban J connectivity index is 1.68. The van der Waals surface area contributed by atoms with Gasteiger partial charge in [0.25, 0.3) is 0 Å². The third-order valence-corrected chi connectivity index (χ3v) is 5.66. The van der Waals surface area contributed by atoms with Crippen molar-refractivity contribution in [1.82, 2.24) is 35.3 Å². The van der Waals surface area contributed by atoms with Crippen LogP contribution < -0.4 is 15.5 Å². The van der Waals surface area contributed by atoms with E-state index in [1.54, 1.807) is 0 Å². The van der Waals surface area contributed by atoms with Gasteiger partial charge in [-0.15, -0.1) is 10.2 Å². The fraction of sp³-hybridized carbons (Fsp3) is 0.619. The number of nitrogens with zero attached hydrogens (tertiary/aromatic N) is 7. The van der Waals surface area contributed by atoms with Crippen molar-refractivity contribution in [2.75, 3.05) is 38.6 Å². The number of likely N-dealkylation sites (N-methyl/N-ethyl adjacent to an activating group) is 1. The van der Waals surface area contributed by atoms with Gasteiger partial charge >= 0.3 is 0 Å². The maximum absolute atomic E-state index is 4.80. The van der Waals surface area contributed by atoms with Crippen molar-refractivity contribution >= 4 is 11.8 Å². The van der Waals surface area contributed by atoms with Crippen LogP contribution in [0.3, 0.4) is 0 Å². The molecule has 0 radical (unpaired) electrons. The summed E-state index contributed by atoms with van der Waals surface area (Å²) in [5.74, 6) is 3.48. The lowest BCUT2D eigenvalue weighted by Gasteiger charge is -2.24. The lowest BCUT2D eigenvalue weighted by molar-refractivity contribution is 0.267. The number of aliphatic imine (C=N–C) groups is 1. The largest absolute Gasteiger partial charge is 0.363 e. The average molecular weight is 414 g/mol. The van der Waals surface area contributed by atoms with Crippen molar-refractivity contribution in [3.63, 3.8) is 0 Å². The van der Waals surface area contributed by atoms with Gasteiger partial charge in [-0.25, -0.2) is 9.98 Å². The molecule has 9 heteroatoms. The molecule has 0 aliphatic carbocycles. The van der Waals surface area contributed by atoms with Gasteiger partial charge < -0.3 is 20.1 Å². The standard InChI is InChI=1S/C21H35N9/c1-6-30-12-8-10-18(30)14-23-21(24-15-20-27-26-16(2)29(20)5)22-13-17-9-7-11-19(25-17)28(3)4/h7,9,11,18H,6,8,10,12-15H2,1-5H3,(H2,22,23,24). The number of aromatic nitrogens is 4. The first-order chi connectivity index (χ1) is 14.5. The molecular weight excluding hydrogens is 378 g/mol. The Kier molecular flexibility index (Phi) is 7.62. The fourth-order valence-electron chi connectivity index (χ4n) is 3.66. The quantitative estimate of drug-likeness (QED) is 0.498. The minimum Gasteiger partial charge on any atom is -0.363 e. The summed E-state index contributed by atoms with van der Waals surface area (Å²) >= 11 is 0. The molecule has 1 atom stereocenters. The van der Waals surface area contributed by atoms with Crippen molar-refractivity contribution in [3.8, 4) is 0 Å². The summed E-state index contributed by atoms with van der Waals surface area (Å²) in [6.07, 6.45) is 2.49. The second kappa shape index (κ2) is 10.4. The SMILES string of the molecule is CCN1CCCC1CNC(=NCc1cccc(N(C)C)n1)NCc1nnc(C)n1C. The summed E-state index contributed by atoms with van der Waals surface area (Å²) in [6.45, 7) is 8.40. The van der Waals surface area contributed by atoms with E-state index in [0.717, 1.165) is 42.2 Å². The number of anilines is 1.